The van der Waals surface area contributed by atoms with Gasteiger partial charge >= 0.3 is 0 Å². The van der Waals surface area contributed by atoms with E-state index in [1.54, 1.807) is 0 Å². The molecule has 0 heterocycles. The van der Waals surface area contributed by atoms with Gasteiger partial charge in [-0.3, -0.25) is 0 Å². The standard InChI is InChI=1S/C16H18BrNO/c1-13-4-2-3-5-16(13)18-10-11-19-12-14-6-8-15(17)9-7-14/h2-9,18H,10-12H2,1H3. The maximum Gasteiger partial charge on any atom is 0.0717 e. The fourth-order valence-corrected chi connectivity index (χ4v) is 2.06. The van der Waals surface area contributed by atoms with Crippen LogP contribution < -0.4 is 5.32 Å². The zero-order valence-corrected chi connectivity index (χ0v) is 12.6. The summed E-state index contributed by atoms with van der Waals surface area (Å²) < 4.78 is 6.74. The number of anilines is 1. The van der Waals surface area contributed by atoms with E-state index >= 15 is 0 Å². The van der Waals surface area contributed by atoms with Crippen LogP contribution in [0.15, 0.2) is 53.0 Å². The SMILES string of the molecule is Cc1ccccc1NCCOCc1ccc(Br)cc1. The molecule has 2 nitrogen and oxygen atoms in total. The molecule has 2 aromatic carbocycles. The van der Waals surface area contributed by atoms with Crippen LogP contribution in [0.25, 0.3) is 0 Å². The van der Waals surface area contributed by atoms with Crippen molar-refractivity contribution in [2.24, 2.45) is 0 Å². The molecule has 1 N–H and O–H groups in total. The lowest BCUT2D eigenvalue weighted by atomic mass is 10.2. The summed E-state index contributed by atoms with van der Waals surface area (Å²) in [5.41, 5.74) is 3.63. The van der Waals surface area contributed by atoms with Crippen molar-refractivity contribution < 1.29 is 4.74 Å². The minimum Gasteiger partial charge on any atom is -0.383 e. The molecule has 2 rings (SSSR count). The highest BCUT2D eigenvalue weighted by molar-refractivity contribution is 9.10. The lowest BCUT2D eigenvalue weighted by molar-refractivity contribution is 0.130. The fourth-order valence-electron chi connectivity index (χ4n) is 1.80. The van der Waals surface area contributed by atoms with Crippen LogP contribution >= 0.6 is 15.9 Å². The van der Waals surface area contributed by atoms with Crippen LogP contribution in [0.2, 0.25) is 0 Å². The molecule has 0 aliphatic heterocycles. The number of benzene rings is 2. The van der Waals surface area contributed by atoms with Crippen molar-refractivity contribution in [2.75, 3.05) is 18.5 Å². The van der Waals surface area contributed by atoms with Crippen LogP contribution in [0.3, 0.4) is 0 Å². The van der Waals surface area contributed by atoms with Gasteiger partial charge in [0.05, 0.1) is 13.2 Å². The Morgan fingerprint density at radius 3 is 2.53 bits per heavy atom. The molecule has 0 atom stereocenters. The van der Waals surface area contributed by atoms with Crippen LogP contribution in [0.4, 0.5) is 5.69 Å². The average Bonchev–Trinajstić information content (AvgIpc) is 2.42. The van der Waals surface area contributed by atoms with Gasteiger partial charge in [0.2, 0.25) is 0 Å². The predicted octanol–water partition coefficient (Wildman–Crippen LogP) is 4.39. The topological polar surface area (TPSA) is 21.3 Å². The summed E-state index contributed by atoms with van der Waals surface area (Å²) in [4.78, 5) is 0. The number of halogens is 1. The summed E-state index contributed by atoms with van der Waals surface area (Å²) in [5, 5.41) is 3.38. The highest BCUT2D eigenvalue weighted by atomic mass is 79.9. The highest BCUT2D eigenvalue weighted by Gasteiger charge is 1.96. The van der Waals surface area contributed by atoms with Gasteiger partial charge < -0.3 is 10.1 Å². The minimum atomic E-state index is 0.655. The first-order valence-electron chi connectivity index (χ1n) is 6.37. The van der Waals surface area contributed by atoms with E-state index in [0.717, 1.165) is 11.0 Å². The van der Waals surface area contributed by atoms with Gasteiger partial charge in [-0.05, 0) is 36.2 Å². The molecule has 0 aliphatic carbocycles. The van der Waals surface area contributed by atoms with E-state index in [2.05, 4.69) is 52.4 Å². The molecule has 0 saturated heterocycles. The average molecular weight is 320 g/mol. The third-order valence-electron chi connectivity index (χ3n) is 2.89. The molecule has 2 aromatic rings. The molecule has 0 aromatic heterocycles. The summed E-state index contributed by atoms with van der Waals surface area (Å²) >= 11 is 3.42. The number of hydrogen-bond donors (Lipinski definition) is 1. The van der Waals surface area contributed by atoms with E-state index in [1.807, 2.05) is 24.3 Å². The first-order valence-corrected chi connectivity index (χ1v) is 7.17. The predicted molar refractivity (Wildman–Crippen MR) is 83.5 cm³/mol. The van der Waals surface area contributed by atoms with Gasteiger partial charge in [0, 0.05) is 16.7 Å². The van der Waals surface area contributed by atoms with E-state index in [9.17, 15) is 0 Å². The Balaban J connectivity index is 1.67. The van der Waals surface area contributed by atoms with Crippen molar-refractivity contribution in [3.8, 4) is 0 Å². The van der Waals surface area contributed by atoms with Crippen LogP contribution in [0.1, 0.15) is 11.1 Å². The summed E-state index contributed by atoms with van der Waals surface area (Å²) in [7, 11) is 0. The fraction of sp³-hybridized carbons (Fsp3) is 0.250. The molecule has 0 bridgehead atoms. The van der Waals surface area contributed by atoms with Gasteiger partial charge in [0.25, 0.3) is 0 Å². The molecule has 19 heavy (non-hydrogen) atoms. The lowest BCUT2D eigenvalue weighted by Crippen LogP contribution is -2.10. The molecule has 100 valence electrons. The van der Waals surface area contributed by atoms with Gasteiger partial charge in [0.1, 0.15) is 0 Å². The van der Waals surface area contributed by atoms with E-state index < -0.39 is 0 Å². The largest absolute Gasteiger partial charge is 0.383 e. The molecular weight excluding hydrogens is 302 g/mol. The zero-order valence-electron chi connectivity index (χ0n) is 11.0. The molecule has 0 fully saturated rings. The van der Waals surface area contributed by atoms with Crippen molar-refractivity contribution >= 4 is 21.6 Å². The Hall–Kier alpha value is -1.32. The molecule has 0 amide bonds. The number of nitrogens with one attached hydrogen (secondary N) is 1. The number of para-hydroxylation sites is 1. The van der Waals surface area contributed by atoms with Crippen LogP contribution in [-0.4, -0.2) is 13.2 Å². The number of ether oxygens (including phenoxy) is 1. The molecule has 0 aliphatic rings. The van der Waals surface area contributed by atoms with E-state index in [1.165, 1.54) is 16.8 Å². The second kappa shape index (κ2) is 7.31. The Bertz CT molecular complexity index is 510. The van der Waals surface area contributed by atoms with Gasteiger partial charge in [-0.25, -0.2) is 0 Å². The Labute approximate surface area is 122 Å². The smallest absolute Gasteiger partial charge is 0.0717 e. The molecule has 0 spiro atoms. The first kappa shape index (κ1) is 14.1. The first-order chi connectivity index (χ1) is 9.25. The summed E-state index contributed by atoms with van der Waals surface area (Å²) in [6.07, 6.45) is 0. The highest BCUT2D eigenvalue weighted by Crippen LogP contribution is 2.13. The monoisotopic (exact) mass is 319 g/mol. The Morgan fingerprint density at radius 2 is 1.79 bits per heavy atom. The van der Waals surface area contributed by atoms with Crippen LogP contribution in [0, 0.1) is 6.92 Å². The van der Waals surface area contributed by atoms with E-state index in [4.69, 9.17) is 4.74 Å². The molecular formula is C16H18BrNO. The number of hydrogen-bond acceptors (Lipinski definition) is 2. The molecule has 0 unspecified atom stereocenters. The van der Waals surface area contributed by atoms with Crippen LogP contribution in [0.5, 0.6) is 0 Å². The zero-order chi connectivity index (χ0) is 13.5. The van der Waals surface area contributed by atoms with Crippen molar-refractivity contribution in [1.82, 2.24) is 0 Å². The molecule has 3 heteroatoms. The van der Waals surface area contributed by atoms with Gasteiger partial charge in [0.15, 0.2) is 0 Å². The molecule has 0 radical (unpaired) electrons. The molecule has 0 saturated carbocycles. The number of aryl methyl sites for hydroxylation is 1. The number of rotatable bonds is 6. The van der Waals surface area contributed by atoms with Gasteiger partial charge in [-0.2, -0.15) is 0 Å². The van der Waals surface area contributed by atoms with Crippen molar-refractivity contribution in [2.45, 2.75) is 13.5 Å². The van der Waals surface area contributed by atoms with Crippen molar-refractivity contribution in [3.63, 3.8) is 0 Å². The van der Waals surface area contributed by atoms with Gasteiger partial charge in [-0.15, -0.1) is 0 Å². The van der Waals surface area contributed by atoms with Crippen LogP contribution in [-0.2, 0) is 11.3 Å². The quantitative estimate of drug-likeness (QED) is 0.797. The summed E-state index contributed by atoms with van der Waals surface area (Å²) in [5.74, 6) is 0. The maximum absolute atomic E-state index is 5.64. The lowest BCUT2D eigenvalue weighted by Gasteiger charge is -2.09. The van der Waals surface area contributed by atoms with E-state index in [-0.39, 0.29) is 0 Å². The minimum absolute atomic E-state index is 0.655. The summed E-state index contributed by atoms with van der Waals surface area (Å²) in [6.45, 7) is 4.28. The maximum atomic E-state index is 5.64. The van der Waals surface area contributed by atoms with E-state index in [0.29, 0.717) is 13.2 Å². The Kier molecular flexibility index (Phi) is 5.43. The second-order valence-electron chi connectivity index (χ2n) is 4.42. The van der Waals surface area contributed by atoms with Crippen molar-refractivity contribution in [3.05, 3.63) is 64.1 Å². The third kappa shape index (κ3) is 4.69. The second-order valence-corrected chi connectivity index (χ2v) is 5.34. The third-order valence-corrected chi connectivity index (χ3v) is 3.42. The normalized spacial score (nSPS) is 10.4. The van der Waals surface area contributed by atoms with Crippen molar-refractivity contribution in [1.29, 1.82) is 0 Å². The summed E-state index contributed by atoms with van der Waals surface area (Å²) in [6, 6.07) is 16.5. The Morgan fingerprint density at radius 1 is 1.05 bits per heavy atom. The van der Waals surface area contributed by atoms with Gasteiger partial charge in [-0.1, -0.05) is 46.3 Å².